The Morgan fingerprint density at radius 1 is 1.21 bits per heavy atom. The Morgan fingerprint density at radius 3 is 2.58 bits per heavy atom. The van der Waals surface area contributed by atoms with Gasteiger partial charge in [0.25, 0.3) is 5.56 Å². The zero-order valence-corrected chi connectivity index (χ0v) is 11.5. The molecule has 3 rings (SSSR count). The van der Waals surface area contributed by atoms with Crippen molar-refractivity contribution in [1.82, 2.24) is 14.2 Å². The lowest BCUT2D eigenvalue weighted by Gasteiger charge is -2.14. The van der Waals surface area contributed by atoms with Crippen LogP contribution < -0.4 is 10.5 Å². The molecule has 0 aliphatic heterocycles. The quantitative estimate of drug-likeness (QED) is 0.663. The first-order chi connectivity index (χ1) is 9.02. The van der Waals surface area contributed by atoms with Crippen molar-refractivity contribution in [3.05, 3.63) is 40.3 Å². The van der Waals surface area contributed by atoms with E-state index >= 15 is 0 Å². The van der Waals surface area contributed by atoms with E-state index in [2.05, 4.69) is 5.10 Å². The third-order valence-electron chi connectivity index (χ3n) is 3.46. The fourth-order valence-corrected chi connectivity index (χ4v) is 2.65. The van der Waals surface area contributed by atoms with Crippen LogP contribution in [0.2, 0.25) is 0 Å². The van der Waals surface area contributed by atoms with Gasteiger partial charge in [0, 0.05) is 21.1 Å². The fourth-order valence-electron chi connectivity index (χ4n) is 2.65. The number of para-hydroxylation sites is 1. The van der Waals surface area contributed by atoms with Crippen molar-refractivity contribution in [2.45, 2.75) is 6.92 Å². The van der Waals surface area contributed by atoms with Gasteiger partial charge in [-0.15, -0.1) is 0 Å². The number of fused-ring (bicyclic) bond motifs is 2. The van der Waals surface area contributed by atoms with Gasteiger partial charge >= 0.3 is 0 Å². The van der Waals surface area contributed by atoms with Crippen molar-refractivity contribution in [2.24, 2.45) is 7.05 Å². The Balaban J connectivity index is 2.65. The van der Waals surface area contributed by atoms with Crippen molar-refractivity contribution in [3.8, 4) is 0 Å². The molecule has 0 amide bonds. The van der Waals surface area contributed by atoms with Crippen LogP contribution in [0.4, 0.5) is 5.69 Å². The van der Waals surface area contributed by atoms with Gasteiger partial charge in [-0.3, -0.25) is 4.79 Å². The molecule has 0 bridgehead atoms. The molecule has 98 valence electrons. The molecule has 0 spiro atoms. The van der Waals surface area contributed by atoms with Crippen LogP contribution in [0.15, 0.2) is 29.1 Å². The second-order valence-corrected chi connectivity index (χ2v) is 4.95. The first-order valence-corrected chi connectivity index (χ1v) is 6.16. The van der Waals surface area contributed by atoms with Gasteiger partial charge in [0.1, 0.15) is 5.69 Å². The maximum atomic E-state index is 12.5. The smallest absolute Gasteiger partial charge is 0.282 e. The predicted molar refractivity (Wildman–Crippen MR) is 77.0 cm³/mol. The van der Waals surface area contributed by atoms with Crippen LogP contribution in [0, 0.1) is 6.92 Å². The normalized spacial score (nSPS) is 11.4. The number of hydrogen-bond acceptors (Lipinski definition) is 3. The molecule has 5 nitrogen and oxygen atoms in total. The molecule has 0 N–H and O–H groups in total. The Kier molecular flexibility index (Phi) is 2.38. The molecular weight excluding hydrogens is 240 g/mol. The van der Waals surface area contributed by atoms with E-state index in [-0.39, 0.29) is 5.56 Å². The lowest BCUT2D eigenvalue weighted by atomic mass is 10.2. The Labute approximate surface area is 110 Å². The van der Waals surface area contributed by atoms with Gasteiger partial charge < -0.3 is 9.47 Å². The molecule has 5 heteroatoms. The van der Waals surface area contributed by atoms with E-state index in [1.54, 1.807) is 0 Å². The minimum atomic E-state index is -0.0695. The lowest BCUT2D eigenvalue weighted by Crippen LogP contribution is -2.19. The molecule has 2 heterocycles. The molecule has 0 unspecified atom stereocenters. The zero-order valence-electron chi connectivity index (χ0n) is 11.5. The summed E-state index contributed by atoms with van der Waals surface area (Å²) in [5.74, 6) is 0. The van der Waals surface area contributed by atoms with Gasteiger partial charge in [0.05, 0.1) is 16.6 Å². The molecule has 0 aliphatic carbocycles. The summed E-state index contributed by atoms with van der Waals surface area (Å²) in [4.78, 5) is 14.5. The summed E-state index contributed by atoms with van der Waals surface area (Å²) in [6.07, 6.45) is 0. The van der Waals surface area contributed by atoms with E-state index < -0.39 is 0 Å². The SMILES string of the molecule is Cc1nn2c(=O)c3ccccc3n(C)c2c1N(C)C. The average Bonchev–Trinajstić information content (AvgIpc) is 2.74. The van der Waals surface area contributed by atoms with Crippen molar-refractivity contribution in [3.63, 3.8) is 0 Å². The highest BCUT2D eigenvalue weighted by atomic mass is 16.1. The molecule has 0 atom stereocenters. The second-order valence-electron chi connectivity index (χ2n) is 4.95. The minimum Gasteiger partial charge on any atom is -0.373 e. The maximum absolute atomic E-state index is 12.5. The Morgan fingerprint density at radius 2 is 1.89 bits per heavy atom. The summed E-state index contributed by atoms with van der Waals surface area (Å²) in [5.41, 5.74) is 3.51. The molecule has 19 heavy (non-hydrogen) atoms. The molecule has 2 aromatic heterocycles. The van der Waals surface area contributed by atoms with E-state index in [1.807, 2.05) is 61.8 Å². The molecule has 0 fully saturated rings. The number of aryl methyl sites for hydroxylation is 2. The van der Waals surface area contributed by atoms with Gasteiger partial charge in [-0.1, -0.05) is 12.1 Å². The highest BCUT2D eigenvalue weighted by Crippen LogP contribution is 2.24. The third-order valence-corrected chi connectivity index (χ3v) is 3.46. The van der Waals surface area contributed by atoms with Gasteiger partial charge in [0.2, 0.25) is 0 Å². The highest BCUT2D eigenvalue weighted by Gasteiger charge is 2.17. The number of benzene rings is 1. The highest BCUT2D eigenvalue weighted by molar-refractivity contribution is 5.84. The van der Waals surface area contributed by atoms with Gasteiger partial charge in [0.15, 0.2) is 5.65 Å². The number of rotatable bonds is 1. The summed E-state index contributed by atoms with van der Waals surface area (Å²) >= 11 is 0. The van der Waals surface area contributed by atoms with Crippen LogP contribution in [0.1, 0.15) is 5.69 Å². The van der Waals surface area contributed by atoms with E-state index in [4.69, 9.17) is 0 Å². The van der Waals surface area contributed by atoms with Crippen molar-refractivity contribution in [2.75, 3.05) is 19.0 Å². The molecule has 1 aromatic carbocycles. The molecule has 3 aromatic rings. The van der Waals surface area contributed by atoms with Gasteiger partial charge in [-0.25, -0.2) is 0 Å². The largest absolute Gasteiger partial charge is 0.373 e. The van der Waals surface area contributed by atoms with E-state index in [0.29, 0.717) is 5.39 Å². The lowest BCUT2D eigenvalue weighted by molar-refractivity contribution is 0.847. The van der Waals surface area contributed by atoms with Gasteiger partial charge in [-0.2, -0.15) is 9.61 Å². The topological polar surface area (TPSA) is 42.5 Å². The molecule has 0 radical (unpaired) electrons. The molecule has 0 saturated carbocycles. The van der Waals surface area contributed by atoms with Crippen molar-refractivity contribution in [1.29, 1.82) is 0 Å². The Bertz CT molecular complexity index is 842. The fraction of sp³-hybridized carbons (Fsp3) is 0.286. The monoisotopic (exact) mass is 256 g/mol. The van der Waals surface area contributed by atoms with Gasteiger partial charge in [-0.05, 0) is 19.1 Å². The molecular formula is C14H16N4O. The molecule has 0 aliphatic rings. The predicted octanol–water partition coefficient (Wildman–Crippen LogP) is 1.56. The van der Waals surface area contributed by atoms with Crippen molar-refractivity contribution < 1.29 is 0 Å². The minimum absolute atomic E-state index is 0.0695. The molecule has 0 saturated heterocycles. The first-order valence-electron chi connectivity index (χ1n) is 6.16. The summed E-state index contributed by atoms with van der Waals surface area (Å²) in [7, 11) is 5.89. The number of nitrogens with zero attached hydrogens (tertiary/aromatic N) is 4. The number of hydrogen-bond donors (Lipinski definition) is 0. The number of aromatic nitrogens is 3. The summed E-state index contributed by atoms with van der Waals surface area (Å²) in [5, 5.41) is 5.07. The maximum Gasteiger partial charge on any atom is 0.282 e. The van der Waals surface area contributed by atoms with Crippen LogP contribution in [0.5, 0.6) is 0 Å². The van der Waals surface area contributed by atoms with E-state index in [0.717, 1.165) is 22.5 Å². The van der Waals surface area contributed by atoms with E-state index in [9.17, 15) is 4.79 Å². The second kappa shape index (κ2) is 3.85. The van der Waals surface area contributed by atoms with Crippen LogP contribution in [-0.4, -0.2) is 28.3 Å². The summed E-state index contributed by atoms with van der Waals surface area (Å²) < 4.78 is 3.51. The van der Waals surface area contributed by atoms with Crippen LogP contribution >= 0.6 is 0 Å². The van der Waals surface area contributed by atoms with Crippen LogP contribution in [-0.2, 0) is 7.05 Å². The van der Waals surface area contributed by atoms with Crippen LogP contribution in [0.25, 0.3) is 16.6 Å². The van der Waals surface area contributed by atoms with E-state index in [1.165, 1.54) is 4.52 Å². The van der Waals surface area contributed by atoms with Crippen molar-refractivity contribution >= 4 is 22.2 Å². The third kappa shape index (κ3) is 1.47. The standard InChI is InChI=1S/C14H16N4O/c1-9-12(16(2)3)13-17(4)11-8-6-5-7-10(11)14(19)18(13)15-9/h5-8H,1-4H3. The van der Waals surface area contributed by atoms with Crippen LogP contribution in [0.3, 0.4) is 0 Å². The first kappa shape index (κ1) is 11.8. The Hall–Kier alpha value is -2.30. The zero-order chi connectivity index (χ0) is 13.7. The summed E-state index contributed by atoms with van der Waals surface area (Å²) in [6, 6.07) is 7.61. The average molecular weight is 256 g/mol. The number of anilines is 1. The summed E-state index contributed by atoms with van der Waals surface area (Å²) in [6.45, 7) is 1.92.